The largest absolute Gasteiger partial charge is 0.417 e. The van der Waals surface area contributed by atoms with Crippen LogP contribution in [0.3, 0.4) is 0 Å². The van der Waals surface area contributed by atoms with Crippen LogP contribution in [0.2, 0.25) is 5.02 Å². The van der Waals surface area contributed by atoms with Crippen LogP contribution in [0.5, 0.6) is 0 Å². The van der Waals surface area contributed by atoms with E-state index < -0.39 is 5.76 Å². The van der Waals surface area contributed by atoms with Gasteiger partial charge < -0.3 is 15.5 Å². The lowest BCUT2D eigenvalue weighted by molar-refractivity contribution is 0.555. The summed E-state index contributed by atoms with van der Waals surface area (Å²) in [6.45, 7) is 1.95. The Morgan fingerprint density at radius 2 is 2.15 bits per heavy atom. The summed E-state index contributed by atoms with van der Waals surface area (Å²) >= 11 is 6.17. The molecule has 0 atom stereocenters. The second kappa shape index (κ2) is 4.61. The predicted molar refractivity (Wildman–Crippen MR) is 80.7 cm³/mol. The van der Waals surface area contributed by atoms with Gasteiger partial charge >= 0.3 is 5.76 Å². The zero-order chi connectivity index (χ0) is 14.3. The maximum atomic E-state index is 11.2. The molecule has 102 valence electrons. The molecule has 0 fully saturated rings. The number of benzene rings is 2. The van der Waals surface area contributed by atoms with E-state index >= 15 is 0 Å². The summed E-state index contributed by atoms with van der Waals surface area (Å²) < 4.78 is 4.96. The first-order chi connectivity index (χ1) is 9.54. The average molecular weight is 290 g/mol. The number of para-hydroxylation sites is 1. The minimum absolute atomic E-state index is 0.425. The lowest BCUT2D eigenvalue weighted by atomic mass is 10.1. The molecule has 0 saturated heterocycles. The van der Waals surface area contributed by atoms with Crippen LogP contribution in [-0.4, -0.2) is 4.98 Å². The fourth-order valence-corrected chi connectivity index (χ4v) is 2.32. The second-order valence-electron chi connectivity index (χ2n) is 4.51. The van der Waals surface area contributed by atoms with Gasteiger partial charge in [-0.05, 0) is 24.6 Å². The van der Waals surface area contributed by atoms with Crippen molar-refractivity contribution >= 4 is 39.8 Å². The Labute approximate surface area is 119 Å². The monoisotopic (exact) mass is 289 g/mol. The number of aromatic amines is 1. The van der Waals surface area contributed by atoms with E-state index in [-0.39, 0.29) is 0 Å². The molecule has 0 radical (unpaired) electrons. The van der Waals surface area contributed by atoms with Crippen LogP contribution < -0.4 is 16.8 Å². The number of nitrogen functional groups attached to an aromatic ring is 1. The number of aryl methyl sites for hydroxylation is 1. The van der Waals surface area contributed by atoms with E-state index in [9.17, 15) is 4.79 Å². The molecule has 4 N–H and O–H groups in total. The lowest BCUT2D eigenvalue weighted by Gasteiger charge is -2.13. The number of aromatic nitrogens is 1. The molecule has 1 aromatic heterocycles. The van der Waals surface area contributed by atoms with Crippen molar-refractivity contribution in [3.63, 3.8) is 0 Å². The van der Waals surface area contributed by atoms with Gasteiger partial charge in [0, 0.05) is 6.07 Å². The molecule has 5 nitrogen and oxygen atoms in total. The van der Waals surface area contributed by atoms with E-state index in [1.165, 1.54) is 0 Å². The van der Waals surface area contributed by atoms with E-state index in [1.807, 2.05) is 19.1 Å². The molecule has 1 heterocycles. The summed E-state index contributed by atoms with van der Waals surface area (Å²) in [4.78, 5) is 13.8. The van der Waals surface area contributed by atoms with E-state index in [1.54, 1.807) is 18.2 Å². The van der Waals surface area contributed by atoms with Crippen LogP contribution in [0.15, 0.2) is 39.5 Å². The van der Waals surface area contributed by atoms with Crippen LogP contribution in [0.25, 0.3) is 11.1 Å². The zero-order valence-corrected chi connectivity index (χ0v) is 11.4. The summed E-state index contributed by atoms with van der Waals surface area (Å²) in [6, 6.07) is 8.94. The first-order valence-corrected chi connectivity index (χ1v) is 6.37. The topological polar surface area (TPSA) is 84.0 Å². The number of rotatable bonds is 2. The summed E-state index contributed by atoms with van der Waals surface area (Å²) in [5, 5.41) is 3.79. The van der Waals surface area contributed by atoms with Gasteiger partial charge in [-0.1, -0.05) is 23.7 Å². The van der Waals surface area contributed by atoms with Gasteiger partial charge in [-0.2, -0.15) is 0 Å². The molecule has 0 aliphatic rings. The highest BCUT2D eigenvalue weighted by atomic mass is 35.5. The van der Waals surface area contributed by atoms with Crippen molar-refractivity contribution < 1.29 is 4.42 Å². The third kappa shape index (κ3) is 2.12. The van der Waals surface area contributed by atoms with E-state index in [2.05, 4.69) is 10.3 Å². The maximum Gasteiger partial charge on any atom is 0.417 e. The summed E-state index contributed by atoms with van der Waals surface area (Å²) in [5.41, 5.74) is 9.88. The fraction of sp³-hybridized carbons (Fsp3) is 0.0714. The molecule has 0 spiro atoms. The molecule has 0 aliphatic heterocycles. The molecule has 3 aromatic rings. The first kappa shape index (κ1) is 12.6. The second-order valence-corrected chi connectivity index (χ2v) is 4.91. The smallest absolute Gasteiger partial charge is 0.408 e. The van der Waals surface area contributed by atoms with Gasteiger partial charge in [-0.25, -0.2) is 4.79 Å². The summed E-state index contributed by atoms with van der Waals surface area (Å²) in [6.07, 6.45) is 0. The normalized spacial score (nSPS) is 10.9. The minimum Gasteiger partial charge on any atom is -0.408 e. The minimum atomic E-state index is -0.509. The maximum absolute atomic E-state index is 11.2. The Kier molecular flexibility index (Phi) is 2.91. The highest BCUT2D eigenvalue weighted by Crippen LogP contribution is 2.32. The fourth-order valence-electron chi connectivity index (χ4n) is 2.05. The van der Waals surface area contributed by atoms with Crippen LogP contribution in [-0.2, 0) is 0 Å². The summed E-state index contributed by atoms with van der Waals surface area (Å²) in [7, 11) is 0. The third-order valence-electron chi connectivity index (χ3n) is 3.07. The zero-order valence-electron chi connectivity index (χ0n) is 10.7. The van der Waals surface area contributed by atoms with E-state index in [0.29, 0.717) is 27.5 Å². The van der Waals surface area contributed by atoms with Gasteiger partial charge in [0.1, 0.15) is 0 Å². The number of oxazole rings is 1. The van der Waals surface area contributed by atoms with Gasteiger partial charge in [0.15, 0.2) is 5.58 Å². The lowest BCUT2D eigenvalue weighted by Crippen LogP contribution is -1.98. The Morgan fingerprint density at radius 1 is 1.35 bits per heavy atom. The molecular formula is C14H12ClN3O2. The number of anilines is 3. The Hall–Kier alpha value is -2.40. The molecule has 6 heteroatoms. The van der Waals surface area contributed by atoms with Crippen LogP contribution in [0.4, 0.5) is 17.1 Å². The Bertz CT molecular complexity index is 831. The van der Waals surface area contributed by atoms with Crippen LogP contribution in [0.1, 0.15) is 5.56 Å². The third-order valence-corrected chi connectivity index (χ3v) is 3.39. The van der Waals surface area contributed by atoms with Gasteiger partial charge in [0.2, 0.25) is 0 Å². The van der Waals surface area contributed by atoms with E-state index in [4.69, 9.17) is 21.8 Å². The quantitative estimate of drug-likeness (QED) is 0.631. The van der Waals surface area contributed by atoms with Gasteiger partial charge in [-0.15, -0.1) is 0 Å². The number of nitrogens with two attached hydrogens (primary N) is 1. The molecule has 0 unspecified atom stereocenters. The molecule has 0 saturated carbocycles. The van der Waals surface area contributed by atoms with Crippen molar-refractivity contribution in [2.75, 3.05) is 11.1 Å². The van der Waals surface area contributed by atoms with Crippen molar-refractivity contribution in [2.45, 2.75) is 6.92 Å². The number of hydrogen-bond donors (Lipinski definition) is 3. The summed E-state index contributed by atoms with van der Waals surface area (Å²) in [5.74, 6) is -0.509. The standard InChI is InChI=1S/C14H12ClN3O2/c1-7-3-2-4-8(15)13(7)17-10-6-11-12(5-9(10)16)20-14(19)18-11/h2-6,17H,16H2,1H3,(H,18,19). The molecule has 20 heavy (non-hydrogen) atoms. The predicted octanol–water partition coefficient (Wildman–Crippen LogP) is 3.41. The molecule has 0 bridgehead atoms. The van der Waals surface area contributed by atoms with Gasteiger partial charge in [0.05, 0.1) is 27.6 Å². The van der Waals surface area contributed by atoms with Crippen LogP contribution in [0, 0.1) is 6.92 Å². The SMILES string of the molecule is Cc1cccc(Cl)c1Nc1cc2[nH]c(=O)oc2cc1N. The first-order valence-electron chi connectivity index (χ1n) is 5.99. The van der Waals surface area contributed by atoms with Crippen molar-refractivity contribution in [1.29, 1.82) is 0 Å². The number of fused-ring (bicyclic) bond motifs is 1. The van der Waals surface area contributed by atoms with Crippen molar-refractivity contribution in [2.24, 2.45) is 0 Å². The Morgan fingerprint density at radius 3 is 2.90 bits per heavy atom. The molecule has 2 aromatic carbocycles. The number of halogens is 1. The average Bonchev–Trinajstić information content (AvgIpc) is 2.73. The van der Waals surface area contributed by atoms with Crippen molar-refractivity contribution in [3.05, 3.63) is 51.5 Å². The van der Waals surface area contributed by atoms with Gasteiger partial charge in [0.25, 0.3) is 0 Å². The molecule has 0 amide bonds. The van der Waals surface area contributed by atoms with Crippen molar-refractivity contribution in [3.8, 4) is 0 Å². The van der Waals surface area contributed by atoms with Gasteiger partial charge in [-0.3, -0.25) is 4.98 Å². The molecule has 0 aliphatic carbocycles. The highest BCUT2D eigenvalue weighted by molar-refractivity contribution is 6.33. The number of hydrogen-bond acceptors (Lipinski definition) is 4. The van der Waals surface area contributed by atoms with E-state index in [0.717, 1.165) is 11.3 Å². The number of H-pyrrole nitrogens is 1. The molecular weight excluding hydrogens is 278 g/mol. The Balaban J connectivity index is 2.10. The molecule has 3 rings (SSSR count). The number of nitrogens with one attached hydrogen (secondary N) is 2. The highest BCUT2D eigenvalue weighted by Gasteiger charge is 2.10. The van der Waals surface area contributed by atoms with Crippen LogP contribution >= 0.6 is 11.6 Å². The van der Waals surface area contributed by atoms with Crippen molar-refractivity contribution in [1.82, 2.24) is 4.98 Å².